The van der Waals surface area contributed by atoms with Gasteiger partial charge in [-0.1, -0.05) is 19.8 Å². The third-order valence-electron chi connectivity index (χ3n) is 3.16. The standard InChI is InChI=1S/C12H21N3/c1-3-12(6-10-4-5-10)13-7-11-8-14-15(2)9-11/h8-10,12-13H,3-7H2,1-2H3. The normalized spacial score (nSPS) is 18.0. The monoisotopic (exact) mass is 207 g/mol. The zero-order chi connectivity index (χ0) is 10.7. The molecule has 3 heteroatoms. The number of aromatic nitrogens is 2. The molecular weight excluding hydrogens is 186 g/mol. The van der Waals surface area contributed by atoms with Gasteiger partial charge in [-0.3, -0.25) is 4.68 Å². The van der Waals surface area contributed by atoms with Gasteiger partial charge in [-0.25, -0.2) is 0 Å². The lowest BCUT2D eigenvalue weighted by molar-refractivity contribution is 0.445. The highest BCUT2D eigenvalue weighted by atomic mass is 15.2. The van der Waals surface area contributed by atoms with Crippen LogP contribution in [-0.2, 0) is 13.6 Å². The second-order valence-corrected chi connectivity index (χ2v) is 4.69. The van der Waals surface area contributed by atoms with Crippen LogP contribution in [0.2, 0.25) is 0 Å². The van der Waals surface area contributed by atoms with Crippen molar-refractivity contribution in [3.8, 4) is 0 Å². The number of nitrogens with zero attached hydrogens (tertiary/aromatic N) is 2. The van der Waals surface area contributed by atoms with Gasteiger partial charge < -0.3 is 5.32 Å². The van der Waals surface area contributed by atoms with Gasteiger partial charge >= 0.3 is 0 Å². The Labute approximate surface area is 91.9 Å². The van der Waals surface area contributed by atoms with Crippen molar-refractivity contribution >= 4 is 0 Å². The van der Waals surface area contributed by atoms with Crippen molar-refractivity contribution in [1.82, 2.24) is 15.1 Å². The zero-order valence-electron chi connectivity index (χ0n) is 9.74. The molecule has 0 aliphatic heterocycles. The van der Waals surface area contributed by atoms with Crippen LogP contribution in [0.4, 0.5) is 0 Å². The number of rotatable bonds is 6. The van der Waals surface area contributed by atoms with E-state index in [0.717, 1.165) is 12.5 Å². The van der Waals surface area contributed by atoms with Crippen LogP contribution in [0.25, 0.3) is 0 Å². The molecule has 0 radical (unpaired) electrons. The van der Waals surface area contributed by atoms with Crippen LogP contribution in [-0.4, -0.2) is 15.8 Å². The first-order chi connectivity index (χ1) is 7.28. The number of hydrogen-bond donors (Lipinski definition) is 1. The van der Waals surface area contributed by atoms with Gasteiger partial charge in [-0.15, -0.1) is 0 Å². The number of nitrogens with one attached hydrogen (secondary N) is 1. The molecule has 1 aromatic rings. The Morgan fingerprint density at radius 2 is 2.40 bits per heavy atom. The van der Waals surface area contributed by atoms with Crippen LogP contribution in [0.3, 0.4) is 0 Å². The van der Waals surface area contributed by atoms with E-state index < -0.39 is 0 Å². The van der Waals surface area contributed by atoms with Crippen molar-refractivity contribution in [3.05, 3.63) is 18.0 Å². The summed E-state index contributed by atoms with van der Waals surface area (Å²) in [7, 11) is 1.96. The summed E-state index contributed by atoms with van der Waals surface area (Å²) in [5.41, 5.74) is 1.28. The van der Waals surface area contributed by atoms with Gasteiger partial charge in [0.15, 0.2) is 0 Å². The third kappa shape index (κ3) is 3.34. The van der Waals surface area contributed by atoms with E-state index in [1.165, 1.54) is 31.2 Å². The van der Waals surface area contributed by atoms with Gasteiger partial charge in [0, 0.05) is 31.4 Å². The maximum Gasteiger partial charge on any atom is 0.0534 e. The van der Waals surface area contributed by atoms with Crippen molar-refractivity contribution in [2.75, 3.05) is 0 Å². The van der Waals surface area contributed by atoms with E-state index in [4.69, 9.17) is 0 Å². The van der Waals surface area contributed by atoms with E-state index in [0.29, 0.717) is 6.04 Å². The quantitative estimate of drug-likeness (QED) is 0.774. The minimum absolute atomic E-state index is 0.692. The molecule has 0 spiro atoms. The maximum absolute atomic E-state index is 4.17. The summed E-state index contributed by atoms with van der Waals surface area (Å²) in [5.74, 6) is 1.01. The second kappa shape index (κ2) is 4.79. The minimum Gasteiger partial charge on any atom is -0.310 e. The first kappa shape index (κ1) is 10.7. The summed E-state index contributed by atoms with van der Waals surface area (Å²) < 4.78 is 1.86. The zero-order valence-corrected chi connectivity index (χ0v) is 9.74. The Morgan fingerprint density at radius 1 is 1.60 bits per heavy atom. The van der Waals surface area contributed by atoms with Gasteiger partial charge in [0.25, 0.3) is 0 Å². The lowest BCUT2D eigenvalue weighted by Crippen LogP contribution is -2.28. The van der Waals surface area contributed by atoms with Crippen LogP contribution in [0.5, 0.6) is 0 Å². The largest absolute Gasteiger partial charge is 0.310 e. The van der Waals surface area contributed by atoms with Gasteiger partial charge in [0.2, 0.25) is 0 Å². The molecule has 1 unspecified atom stereocenters. The van der Waals surface area contributed by atoms with Gasteiger partial charge in [0.1, 0.15) is 0 Å². The molecule has 2 rings (SSSR count). The van der Waals surface area contributed by atoms with E-state index in [2.05, 4.69) is 23.5 Å². The van der Waals surface area contributed by atoms with Gasteiger partial charge in [-0.05, 0) is 18.8 Å². The van der Waals surface area contributed by atoms with Crippen molar-refractivity contribution in [1.29, 1.82) is 0 Å². The van der Waals surface area contributed by atoms with Crippen molar-refractivity contribution < 1.29 is 0 Å². The summed E-state index contributed by atoms with van der Waals surface area (Å²) >= 11 is 0. The Balaban J connectivity index is 1.74. The first-order valence-corrected chi connectivity index (χ1v) is 5.99. The fourth-order valence-electron chi connectivity index (χ4n) is 1.98. The maximum atomic E-state index is 4.17. The van der Waals surface area contributed by atoms with Crippen LogP contribution < -0.4 is 5.32 Å². The Kier molecular flexibility index (Phi) is 3.41. The minimum atomic E-state index is 0.692. The highest BCUT2D eigenvalue weighted by molar-refractivity contribution is 5.03. The molecule has 1 aliphatic rings. The molecule has 1 aromatic heterocycles. The summed E-state index contributed by atoms with van der Waals surface area (Å²) in [6.45, 7) is 3.22. The predicted octanol–water partition coefficient (Wildman–Crippen LogP) is 2.09. The third-order valence-corrected chi connectivity index (χ3v) is 3.16. The smallest absolute Gasteiger partial charge is 0.0534 e. The van der Waals surface area contributed by atoms with E-state index in [9.17, 15) is 0 Å². The summed E-state index contributed by atoms with van der Waals surface area (Å²) in [6.07, 6.45) is 9.51. The molecule has 1 saturated carbocycles. The van der Waals surface area contributed by atoms with Crippen LogP contribution in [0, 0.1) is 5.92 Å². The van der Waals surface area contributed by atoms with Gasteiger partial charge in [0.05, 0.1) is 6.20 Å². The molecule has 1 fully saturated rings. The molecule has 0 saturated heterocycles. The fourth-order valence-corrected chi connectivity index (χ4v) is 1.98. The molecule has 1 heterocycles. The molecular formula is C12H21N3. The van der Waals surface area contributed by atoms with Crippen LogP contribution in [0.15, 0.2) is 12.4 Å². The van der Waals surface area contributed by atoms with Crippen molar-refractivity contribution in [3.63, 3.8) is 0 Å². The lowest BCUT2D eigenvalue weighted by Gasteiger charge is -2.15. The van der Waals surface area contributed by atoms with Crippen molar-refractivity contribution in [2.24, 2.45) is 13.0 Å². The Bertz CT molecular complexity index is 302. The molecule has 3 nitrogen and oxygen atoms in total. The summed E-state index contributed by atoms with van der Waals surface area (Å²) in [6, 6.07) is 0.692. The molecule has 1 aliphatic carbocycles. The summed E-state index contributed by atoms with van der Waals surface area (Å²) in [5, 5.41) is 7.79. The van der Waals surface area contributed by atoms with E-state index in [-0.39, 0.29) is 0 Å². The fraction of sp³-hybridized carbons (Fsp3) is 0.750. The molecule has 15 heavy (non-hydrogen) atoms. The Hall–Kier alpha value is -0.830. The van der Waals surface area contributed by atoms with Crippen LogP contribution >= 0.6 is 0 Å². The topological polar surface area (TPSA) is 29.9 Å². The SMILES string of the molecule is CCC(CC1CC1)NCc1cnn(C)c1. The molecule has 0 bridgehead atoms. The van der Waals surface area contributed by atoms with E-state index >= 15 is 0 Å². The van der Waals surface area contributed by atoms with Gasteiger partial charge in [-0.2, -0.15) is 5.10 Å². The molecule has 0 amide bonds. The van der Waals surface area contributed by atoms with E-state index in [1.54, 1.807) is 0 Å². The average molecular weight is 207 g/mol. The number of aryl methyl sites for hydroxylation is 1. The average Bonchev–Trinajstić information content (AvgIpc) is 2.95. The molecule has 84 valence electrons. The van der Waals surface area contributed by atoms with Crippen molar-refractivity contribution in [2.45, 2.75) is 45.2 Å². The Morgan fingerprint density at radius 3 is 2.93 bits per heavy atom. The predicted molar refractivity (Wildman–Crippen MR) is 61.5 cm³/mol. The molecule has 0 aromatic carbocycles. The highest BCUT2D eigenvalue weighted by Gasteiger charge is 2.24. The summed E-state index contributed by atoms with van der Waals surface area (Å²) in [4.78, 5) is 0. The highest BCUT2D eigenvalue weighted by Crippen LogP contribution is 2.34. The number of hydrogen-bond acceptors (Lipinski definition) is 2. The first-order valence-electron chi connectivity index (χ1n) is 5.99. The molecule has 1 N–H and O–H groups in total. The second-order valence-electron chi connectivity index (χ2n) is 4.69. The van der Waals surface area contributed by atoms with Crippen LogP contribution in [0.1, 0.15) is 38.2 Å². The van der Waals surface area contributed by atoms with E-state index in [1.807, 2.05) is 17.9 Å². The molecule has 1 atom stereocenters. The lowest BCUT2D eigenvalue weighted by atomic mass is 10.1.